The van der Waals surface area contributed by atoms with Gasteiger partial charge in [0.1, 0.15) is 0 Å². The Bertz CT molecular complexity index is 327. The lowest BCUT2D eigenvalue weighted by Gasteiger charge is -2.15. The Morgan fingerprint density at radius 2 is 1.92 bits per heavy atom. The number of aryl methyl sites for hydroxylation is 1. The quantitative estimate of drug-likeness (QED) is 0.643. The molecule has 0 atom stereocenters. The molecule has 0 N–H and O–H groups in total. The van der Waals surface area contributed by atoms with Gasteiger partial charge < -0.3 is 0 Å². The molecule has 0 saturated heterocycles. The highest BCUT2D eigenvalue weighted by Gasteiger charge is 2.08. The lowest BCUT2D eigenvalue weighted by atomic mass is 9.98. The van der Waals surface area contributed by atoms with Crippen molar-refractivity contribution in [3.8, 4) is 0 Å². The van der Waals surface area contributed by atoms with E-state index < -0.39 is 0 Å². The van der Waals surface area contributed by atoms with Gasteiger partial charge in [-0.2, -0.15) is 0 Å². The molecule has 0 fully saturated rings. The van der Waals surface area contributed by atoms with Gasteiger partial charge in [0.05, 0.1) is 0 Å². The molecule has 0 aliphatic rings. The van der Waals surface area contributed by atoms with E-state index >= 15 is 0 Å². The van der Waals surface area contributed by atoms with Crippen LogP contribution in [0.4, 0.5) is 0 Å². The summed E-state index contributed by atoms with van der Waals surface area (Å²) in [4.78, 5) is 0. The van der Waals surface area contributed by atoms with Gasteiger partial charge in [0, 0.05) is 20.5 Å². The summed E-state index contributed by atoms with van der Waals surface area (Å²) in [7, 11) is 7.15. The van der Waals surface area contributed by atoms with Crippen LogP contribution >= 0.6 is 0 Å². The molecule has 0 aliphatic heterocycles. The SMILES string of the molecule is C=Cc1ccc(C)c(C)c1C([Si])[Si]. The highest BCUT2D eigenvalue weighted by molar-refractivity contribution is 6.36. The summed E-state index contributed by atoms with van der Waals surface area (Å²) < 4.78 is 0. The Morgan fingerprint density at radius 3 is 2.38 bits per heavy atom. The van der Waals surface area contributed by atoms with Gasteiger partial charge in [-0.1, -0.05) is 24.8 Å². The Labute approximate surface area is 86.9 Å². The van der Waals surface area contributed by atoms with E-state index in [4.69, 9.17) is 0 Å². The van der Waals surface area contributed by atoms with E-state index in [1.807, 2.05) is 6.08 Å². The van der Waals surface area contributed by atoms with Crippen molar-refractivity contribution in [2.24, 2.45) is 0 Å². The van der Waals surface area contributed by atoms with Gasteiger partial charge in [-0.3, -0.25) is 0 Å². The van der Waals surface area contributed by atoms with Crippen molar-refractivity contribution in [2.45, 2.75) is 19.0 Å². The van der Waals surface area contributed by atoms with Crippen LogP contribution in [-0.4, -0.2) is 20.5 Å². The third kappa shape index (κ3) is 2.00. The molecule has 0 amide bonds. The zero-order chi connectivity index (χ0) is 10.0. The van der Waals surface area contributed by atoms with Crippen LogP contribution in [0.15, 0.2) is 18.7 Å². The molecule has 0 nitrogen and oxygen atoms in total. The molecule has 0 bridgehead atoms. The fourth-order valence-corrected chi connectivity index (χ4v) is 2.19. The Morgan fingerprint density at radius 1 is 1.31 bits per heavy atom. The predicted molar refractivity (Wildman–Crippen MR) is 60.3 cm³/mol. The summed E-state index contributed by atoms with van der Waals surface area (Å²) in [5.74, 6) is 0. The molecule has 13 heavy (non-hydrogen) atoms. The van der Waals surface area contributed by atoms with Crippen molar-refractivity contribution in [3.63, 3.8) is 0 Å². The van der Waals surface area contributed by atoms with Crippen LogP contribution in [0, 0.1) is 13.8 Å². The van der Waals surface area contributed by atoms with Crippen LogP contribution in [0.2, 0.25) is 0 Å². The van der Waals surface area contributed by atoms with E-state index in [1.165, 1.54) is 22.3 Å². The topological polar surface area (TPSA) is 0 Å². The van der Waals surface area contributed by atoms with Crippen LogP contribution in [0.1, 0.15) is 27.4 Å². The molecular weight excluding hydrogens is 188 g/mol. The van der Waals surface area contributed by atoms with E-state index in [0.29, 0.717) is 0 Å². The highest BCUT2D eigenvalue weighted by Crippen LogP contribution is 2.23. The molecule has 0 unspecified atom stereocenters. The lowest BCUT2D eigenvalue weighted by molar-refractivity contribution is 1.21. The van der Waals surface area contributed by atoms with E-state index in [0.717, 1.165) is 0 Å². The van der Waals surface area contributed by atoms with Crippen molar-refractivity contribution in [2.75, 3.05) is 0 Å². The van der Waals surface area contributed by atoms with Crippen molar-refractivity contribution in [1.82, 2.24) is 0 Å². The molecule has 1 aromatic rings. The van der Waals surface area contributed by atoms with Crippen LogP contribution in [-0.2, 0) is 0 Å². The summed E-state index contributed by atoms with van der Waals surface area (Å²) in [5, 5.41) is 0.188. The maximum atomic E-state index is 3.80. The van der Waals surface area contributed by atoms with Crippen LogP contribution in [0.5, 0.6) is 0 Å². The van der Waals surface area contributed by atoms with Crippen molar-refractivity contribution in [3.05, 3.63) is 41.0 Å². The summed E-state index contributed by atoms with van der Waals surface area (Å²) in [6.45, 7) is 8.05. The minimum absolute atomic E-state index is 0.188. The third-order valence-electron chi connectivity index (χ3n) is 2.33. The van der Waals surface area contributed by atoms with E-state index in [1.54, 1.807) is 0 Å². The van der Waals surface area contributed by atoms with Crippen LogP contribution < -0.4 is 0 Å². The first kappa shape index (κ1) is 10.5. The zero-order valence-corrected chi connectivity index (χ0v) is 10.0. The van der Waals surface area contributed by atoms with Crippen molar-refractivity contribution < 1.29 is 0 Å². The number of benzene rings is 1. The second kappa shape index (κ2) is 4.07. The molecule has 0 saturated carbocycles. The molecule has 1 rings (SSSR count). The highest BCUT2D eigenvalue weighted by atomic mass is 28.2. The first-order valence-corrected chi connectivity index (χ1v) is 5.38. The molecule has 0 aromatic heterocycles. The van der Waals surface area contributed by atoms with Gasteiger partial charge in [0.2, 0.25) is 0 Å². The van der Waals surface area contributed by atoms with Crippen LogP contribution in [0.25, 0.3) is 6.08 Å². The monoisotopic (exact) mass is 200 g/mol. The average molecular weight is 200 g/mol. The smallest absolute Gasteiger partial charge is 0.0280 e. The minimum Gasteiger partial charge on any atom is -0.0985 e. The second-order valence-corrected chi connectivity index (χ2v) is 4.88. The average Bonchev–Trinajstić information content (AvgIpc) is 2.08. The van der Waals surface area contributed by atoms with E-state index in [-0.39, 0.29) is 5.16 Å². The van der Waals surface area contributed by atoms with Gasteiger partial charge in [-0.05, 0) is 41.3 Å². The molecule has 6 radical (unpaired) electrons. The van der Waals surface area contributed by atoms with Crippen LogP contribution in [0.3, 0.4) is 0 Å². The first-order chi connectivity index (χ1) is 6.07. The molecule has 0 aliphatic carbocycles. The largest absolute Gasteiger partial charge is 0.0985 e. The summed E-state index contributed by atoms with van der Waals surface area (Å²) >= 11 is 0. The summed E-state index contributed by atoms with van der Waals surface area (Å²) in [6.07, 6.45) is 1.88. The van der Waals surface area contributed by atoms with Gasteiger partial charge in [0.15, 0.2) is 0 Å². The lowest BCUT2D eigenvalue weighted by Crippen LogP contribution is -2.04. The van der Waals surface area contributed by atoms with Crippen molar-refractivity contribution in [1.29, 1.82) is 0 Å². The second-order valence-electron chi connectivity index (χ2n) is 3.15. The van der Waals surface area contributed by atoms with E-state index in [9.17, 15) is 0 Å². The first-order valence-electron chi connectivity index (χ1n) is 4.22. The molecular formula is C11H12Si2. The molecule has 0 spiro atoms. The summed E-state index contributed by atoms with van der Waals surface area (Å²) in [5.41, 5.74) is 5.07. The molecule has 0 heterocycles. The standard InChI is InChI=1S/C11H12Si2/c1-4-9-6-5-7(2)8(3)10(9)11(12)13/h4-6,11H,1H2,2-3H3. The zero-order valence-electron chi connectivity index (χ0n) is 8.02. The fraction of sp³-hybridized carbons (Fsp3) is 0.273. The van der Waals surface area contributed by atoms with Gasteiger partial charge in [0.25, 0.3) is 0 Å². The van der Waals surface area contributed by atoms with Crippen molar-refractivity contribution >= 4 is 26.6 Å². The normalized spacial score (nSPS) is 10.5. The Kier molecular flexibility index (Phi) is 3.28. The number of hydrogen-bond donors (Lipinski definition) is 0. The Hall–Kier alpha value is -0.606. The maximum Gasteiger partial charge on any atom is 0.0280 e. The minimum atomic E-state index is 0.188. The molecule has 1 aromatic carbocycles. The number of rotatable bonds is 2. The number of hydrogen-bond acceptors (Lipinski definition) is 0. The summed E-state index contributed by atoms with van der Waals surface area (Å²) in [6, 6.07) is 4.22. The van der Waals surface area contributed by atoms with E-state index in [2.05, 4.69) is 53.0 Å². The Balaban J connectivity index is 3.41. The fourth-order valence-electron chi connectivity index (χ4n) is 1.42. The predicted octanol–water partition coefficient (Wildman–Crippen LogP) is 2.28. The maximum absolute atomic E-state index is 3.80. The molecule has 64 valence electrons. The third-order valence-corrected chi connectivity index (χ3v) is 2.91. The molecule has 2 heteroatoms. The van der Waals surface area contributed by atoms with Gasteiger partial charge >= 0.3 is 0 Å². The van der Waals surface area contributed by atoms with Gasteiger partial charge in [-0.25, -0.2) is 0 Å². The van der Waals surface area contributed by atoms with Gasteiger partial charge in [-0.15, -0.1) is 0 Å².